The van der Waals surface area contributed by atoms with Gasteiger partial charge in [-0.1, -0.05) is 46.9 Å². The van der Waals surface area contributed by atoms with E-state index in [1.807, 2.05) is 0 Å². The molecule has 1 amide bonds. The number of benzene rings is 2. The zero-order chi connectivity index (χ0) is 16.8. The zero-order valence-corrected chi connectivity index (χ0v) is 14.1. The van der Waals surface area contributed by atoms with Crippen LogP contribution in [0.15, 0.2) is 42.5 Å². The van der Waals surface area contributed by atoms with Gasteiger partial charge in [0.1, 0.15) is 0 Å². The Hall–Kier alpha value is -1.75. The summed E-state index contributed by atoms with van der Waals surface area (Å²) in [4.78, 5) is 23.5. The van der Waals surface area contributed by atoms with Crippen LogP contribution in [-0.4, -0.2) is 18.5 Å². The average Bonchev–Trinajstić information content (AvgIpc) is 2.51. The lowest BCUT2D eigenvalue weighted by molar-refractivity contribution is -0.124. The summed E-state index contributed by atoms with van der Waals surface area (Å²) in [7, 11) is 0. The molecule has 0 atom stereocenters. The second kappa shape index (κ2) is 8.20. The zero-order valence-electron chi connectivity index (χ0n) is 11.8. The van der Waals surface area contributed by atoms with Crippen LogP contribution in [0.3, 0.4) is 0 Å². The highest BCUT2D eigenvalue weighted by Gasteiger charge is 2.11. The number of nitrogens with one attached hydrogen (secondary N) is 1. The van der Waals surface area contributed by atoms with Gasteiger partial charge in [-0.2, -0.15) is 0 Å². The fourth-order valence-corrected chi connectivity index (χ4v) is 2.39. The van der Waals surface area contributed by atoms with Crippen molar-refractivity contribution in [3.63, 3.8) is 0 Å². The second-order valence-corrected chi connectivity index (χ2v) is 5.95. The number of rotatable bonds is 5. The van der Waals surface area contributed by atoms with E-state index in [9.17, 15) is 9.59 Å². The number of carbonyl (C=O) groups is 2. The number of hydrogen-bond acceptors (Lipinski definition) is 3. The molecule has 2 aromatic rings. The normalized spacial score (nSPS) is 10.2. The van der Waals surface area contributed by atoms with Crippen LogP contribution in [0.5, 0.6) is 0 Å². The highest BCUT2D eigenvalue weighted by atomic mass is 35.5. The molecule has 2 aromatic carbocycles. The molecule has 0 saturated carbocycles. The quantitative estimate of drug-likeness (QED) is 0.803. The highest BCUT2D eigenvalue weighted by Crippen LogP contribution is 2.19. The molecule has 23 heavy (non-hydrogen) atoms. The molecule has 0 aliphatic rings. The Morgan fingerprint density at radius 3 is 2.13 bits per heavy atom. The molecule has 2 rings (SSSR count). The smallest absolute Gasteiger partial charge is 0.338 e. The lowest BCUT2D eigenvalue weighted by Gasteiger charge is -2.07. The predicted octanol–water partition coefficient (Wildman–Crippen LogP) is 4.12. The third kappa shape index (κ3) is 5.75. The minimum absolute atomic E-state index is 0.188. The van der Waals surface area contributed by atoms with Gasteiger partial charge in [0, 0.05) is 21.6 Å². The van der Waals surface area contributed by atoms with Crippen LogP contribution in [0.4, 0.5) is 0 Å². The Labute approximate surface area is 148 Å². The van der Waals surface area contributed by atoms with Crippen molar-refractivity contribution in [2.75, 3.05) is 6.61 Å². The van der Waals surface area contributed by atoms with Gasteiger partial charge >= 0.3 is 5.97 Å². The van der Waals surface area contributed by atoms with Crippen molar-refractivity contribution in [3.05, 3.63) is 68.7 Å². The van der Waals surface area contributed by atoms with Crippen LogP contribution in [0, 0.1) is 0 Å². The van der Waals surface area contributed by atoms with E-state index in [0.717, 1.165) is 5.56 Å². The van der Waals surface area contributed by atoms with E-state index in [4.69, 9.17) is 39.5 Å². The first-order valence-electron chi connectivity index (χ1n) is 6.58. The number of esters is 1. The Bertz CT molecular complexity index is 697. The van der Waals surface area contributed by atoms with E-state index in [-0.39, 0.29) is 5.56 Å². The molecule has 7 heteroatoms. The largest absolute Gasteiger partial charge is 0.452 e. The van der Waals surface area contributed by atoms with Gasteiger partial charge in [-0.25, -0.2) is 4.79 Å². The second-order valence-electron chi connectivity index (χ2n) is 4.64. The van der Waals surface area contributed by atoms with E-state index >= 15 is 0 Å². The van der Waals surface area contributed by atoms with Gasteiger partial charge in [0.25, 0.3) is 5.91 Å². The van der Waals surface area contributed by atoms with Crippen LogP contribution in [0.1, 0.15) is 15.9 Å². The maximum atomic E-state index is 11.8. The maximum absolute atomic E-state index is 11.8. The van der Waals surface area contributed by atoms with Crippen molar-refractivity contribution < 1.29 is 14.3 Å². The molecule has 0 saturated heterocycles. The lowest BCUT2D eigenvalue weighted by Crippen LogP contribution is -2.28. The molecule has 0 radical (unpaired) electrons. The summed E-state index contributed by atoms with van der Waals surface area (Å²) >= 11 is 17.4. The predicted molar refractivity (Wildman–Crippen MR) is 90.0 cm³/mol. The summed E-state index contributed by atoms with van der Waals surface area (Å²) in [5, 5.41) is 3.89. The molecule has 0 aliphatic heterocycles. The van der Waals surface area contributed by atoms with Crippen LogP contribution in [0.25, 0.3) is 0 Å². The van der Waals surface area contributed by atoms with Crippen molar-refractivity contribution in [3.8, 4) is 0 Å². The fourth-order valence-electron chi connectivity index (χ4n) is 1.74. The van der Waals surface area contributed by atoms with Gasteiger partial charge in [-0.3, -0.25) is 4.79 Å². The number of carbonyl (C=O) groups excluding carboxylic acids is 2. The highest BCUT2D eigenvalue weighted by molar-refractivity contribution is 6.35. The molecule has 0 aliphatic carbocycles. The maximum Gasteiger partial charge on any atom is 0.338 e. The number of ether oxygens (including phenoxy) is 1. The Kier molecular flexibility index (Phi) is 6.28. The summed E-state index contributed by atoms with van der Waals surface area (Å²) in [6, 6.07) is 11.4. The van der Waals surface area contributed by atoms with Gasteiger partial charge in [-0.05, 0) is 35.9 Å². The molecule has 1 N–H and O–H groups in total. The minimum atomic E-state index is -0.670. The molecule has 0 spiro atoms. The summed E-state index contributed by atoms with van der Waals surface area (Å²) in [5.74, 6) is -1.09. The fraction of sp³-hybridized carbons (Fsp3) is 0.125. The standard InChI is InChI=1S/C16H12Cl3NO3/c17-12-3-1-10(2-4-12)8-20-15(21)9-23-16(22)11-5-13(18)7-14(19)6-11/h1-7H,8-9H2,(H,20,21). The minimum Gasteiger partial charge on any atom is -0.452 e. The van der Waals surface area contributed by atoms with Gasteiger partial charge in [0.15, 0.2) is 6.61 Å². The summed E-state index contributed by atoms with van der Waals surface area (Å²) < 4.78 is 4.92. The van der Waals surface area contributed by atoms with E-state index in [0.29, 0.717) is 21.6 Å². The first kappa shape index (κ1) is 17.6. The van der Waals surface area contributed by atoms with Crippen molar-refractivity contribution >= 4 is 46.7 Å². The molecule has 120 valence electrons. The first-order valence-corrected chi connectivity index (χ1v) is 7.72. The third-order valence-electron chi connectivity index (χ3n) is 2.84. The van der Waals surface area contributed by atoms with Crippen LogP contribution in [-0.2, 0) is 16.1 Å². The third-order valence-corrected chi connectivity index (χ3v) is 3.52. The van der Waals surface area contributed by atoms with Crippen molar-refractivity contribution in [1.29, 1.82) is 0 Å². The summed E-state index contributed by atoms with van der Waals surface area (Å²) in [5.41, 5.74) is 1.07. The average molecular weight is 373 g/mol. The Morgan fingerprint density at radius 2 is 1.52 bits per heavy atom. The summed E-state index contributed by atoms with van der Waals surface area (Å²) in [6.07, 6.45) is 0. The topological polar surface area (TPSA) is 55.4 Å². The van der Waals surface area contributed by atoms with Crippen LogP contribution in [0.2, 0.25) is 15.1 Å². The number of hydrogen-bond donors (Lipinski definition) is 1. The van der Waals surface area contributed by atoms with E-state index < -0.39 is 18.5 Å². The molecule has 0 unspecified atom stereocenters. The molecule has 4 nitrogen and oxygen atoms in total. The molecular formula is C16H12Cl3NO3. The number of halogens is 3. The monoisotopic (exact) mass is 371 g/mol. The van der Waals surface area contributed by atoms with E-state index in [2.05, 4.69) is 5.32 Å². The van der Waals surface area contributed by atoms with E-state index in [1.54, 1.807) is 24.3 Å². The van der Waals surface area contributed by atoms with Gasteiger partial charge in [0.2, 0.25) is 0 Å². The van der Waals surface area contributed by atoms with Gasteiger partial charge < -0.3 is 10.1 Å². The Balaban J connectivity index is 1.81. The van der Waals surface area contributed by atoms with Crippen molar-refractivity contribution in [1.82, 2.24) is 5.32 Å². The lowest BCUT2D eigenvalue weighted by atomic mass is 10.2. The molecule has 0 heterocycles. The van der Waals surface area contributed by atoms with Crippen molar-refractivity contribution in [2.24, 2.45) is 0 Å². The Morgan fingerprint density at radius 1 is 0.913 bits per heavy atom. The summed E-state index contributed by atoms with van der Waals surface area (Å²) in [6.45, 7) is -0.0763. The molecular weight excluding hydrogens is 361 g/mol. The van der Waals surface area contributed by atoms with Gasteiger partial charge in [-0.15, -0.1) is 0 Å². The van der Waals surface area contributed by atoms with Crippen LogP contribution >= 0.6 is 34.8 Å². The molecule has 0 aromatic heterocycles. The van der Waals surface area contributed by atoms with Gasteiger partial charge in [0.05, 0.1) is 5.56 Å². The number of amides is 1. The molecule has 0 bridgehead atoms. The van der Waals surface area contributed by atoms with Crippen molar-refractivity contribution in [2.45, 2.75) is 6.54 Å². The van der Waals surface area contributed by atoms with E-state index in [1.165, 1.54) is 18.2 Å². The first-order chi connectivity index (χ1) is 10.9. The SMILES string of the molecule is O=C(COC(=O)c1cc(Cl)cc(Cl)c1)NCc1ccc(Cl)cc1. The van der Waals surface area contributed by atoms with Crippen LogP contribution < -0.4 is 5.32 Å². The molecule has 0 fully saturated rings.